The van der Waals surface area contributed by atoms with Crippen molar-refractivity contribution in [3.05, 3.63) is 69.3 Å². The zero-order valence-corrected chi connectivity index (χ0v) is 18.3. The Morgan fingerprint density at radius 1 is 1.17 bits per heavy atom. The number of nitrogens with zero attached hydrogens (tertiary/aromatic N) is 5. The molecule has 0 radical (unpaired) electrons. The molecule has 0 amide bonds. The van der Waals surface area contributed by atoms with E-state index in [1.165, 1.54) is 18.2 Å². The van der Waals surface area contributed by atoms with Crippen LogP contribution in [0.1, 0.15) is 5.56 Å². The Kier molecular flexibility index (Phi) is 5.57. The summed E-state index contributed by atoms with van der Waals surface area (Å²) >= 11 is 9.40. The summed E-state index contributed by atoms with van der Waals surface area (Å²) in [6.45, 7) is 0.183. The predicted molar refractivity (Wildman–Crippen MR) is 116 cm³/mol. The molecule has 2 aromatic carbocycles. The van der Waals surface area contributed by atoms with E-state index in [9.17, 15) is 8.78 Å². The van der Waals surface area contributed by atoms with Crippen LogP contribution in [0.5, 0.6) is 0 Å². The molecule has 154 valence electrons. The minimum absolute atomic E-state index is 0.183. The number of rotatable bonds is 5. The number of nitrogens with one attached hydrogen (secondary N) is 1. The van der Waals surface area contributed by atoms with Gasteiger partial charge in [-0.3, -0.25) is 5.10 Å². The summed E-state index contributed by atoms with van der Waals surface area (Å²) in [7, 11) is 3.67. The van der Waals surface area contributed by atoms with Gasteiger partial charge in [-0.2, -0.15) is 5.10 Å². The minimum Gasteiger partial charge on any atom is -0.378 e. The van der Waals surface area contributed by atoms with Crippen molar-refractivity contribution in [2.45, 2.75) is 6.54 Å². The molecule has 4 aromatic rings. The monoisotopic (exact) mass is 492 g/mol. The van der Waals surface area contributed by atoms with Gasteiger partial charge in [0.05, 0.1) is 22.8 Å². The van der Waals surface area contributed by atoms with Gasteiger partial charge in [-0.1, -0.05) is 11.6 Å². The average molecular weight is 494 g/mol. The SMILES string of the molecule is CN(C)c1ccc(-c2nc(-c3[nH]ncc3Br)n(Cc3cc(F)cc(Cl)c3)n2)c(F)c1. The van der Waals surface area contributed by atoms with Crippen molar-refractivity contribution < 1.29 is 8.78 Å². The molecule has 0 aliphatic carbocycles. The lowest BCUT2D eigenvalue weighted by Crippen LogP contribution is -2.08. The zero-order chi connectivity index (χ0) is 21.4. The Morgan fingerprint density at radius 2 is 1.97 bits per heavy atom. The molecule has 0 atom stereocenters. The number of hydrogen-bond acceptors (Lipinski definition) is 4. The molecule has 0 aliphatic heterocycles. The van der Waals surface area contributed by atoms with Crippen LogP contribution in [0, 0.1) is 11.6 Å². The number of H-pyrrole nitrogens is 1. The molecule has 2 aromatic heterocycles. The van der Waals surface area contributed by atoms with E-state index >= 15 is 0 Å². The standard InChI is InChI=1S/C20H16BrClF2N6/c1-29(2)14-3-4-15(17(24)8-14)19-26-20(18-16(21)9-25-27-18)30(28-19)10-11-5-12(22)7-13(23)6-11/h3-9H,10H2,1-2H3,(H,25,27). The Balaban J connectivity index is 1.81. The summed E-state index contributed by atoms with van der Waals surface area (Å²) in [6, 6.07) is 9.09. The first-order valence-electron chi connectivity index (χ1n) is 8.88. The minimum atomic E-state index is -0.451. The van der Waals surface area contributed by atoms with Gasteiger partial charge in [0.1, 0.15) is 17.3 Å². The van der Waals surface area contributed by atoms with Crippen molar-refractivity contribution in [1.82, 2.24) is 25.0 Å². The number of anilines is 1. The van der Waals surface area contributed by atoms with Gasteiger partial charge in [0.25, 0.3) is 0 Å². The topological polar surface area (TPSA) is 62.6 Å². The summed E-state index contributed by atoms with van der Waals surface area (Å²) in [4.78, 5) is 6.34. The first-order chi connectivity index (χ1) is 14.3. The first kappa shape index (κ1) is 20.5. The third-order valence-corrected chi connectivity index (χ3v) is 5.27. The van der Waals surface area contributed by atoms with E-state index in [-0.39, 0.29) is 23.0 Å². The van der Waals surface area contributed by atoms with Gasteiger partial charge in [-0.25, -0.2) is 18.4 Å². The molecule has 30 heavy (non-hydrogen) atoms. The van der Waals surface area contributed by atoms with Crippen LogP contribution in [0.4, 0.5) is 14.5 Å². The van der Waals surface area contributed by atoms with E-state index in [0.29, 0.717) is 21.6 Å². The summed E-state index contributed by atoms with van der Waals surface area (Å²) in [5, 5.41) is 11.6. The van der Waals surface area contributed by atoms with Crippen LogP contribution in [0.3, 0.4) is 0 Å². The van der Waals surface area contributed by atoms with Gasteiger partial charge in [-0.05, 0) is 57.9 Å². The van der Waals surface area contributed by atoms with Crippen molar-refractivity contribution in [2.75, 3.05) is 19.0 Å². The van der Waals surface area contributed by atoms with Crippen LogP contribution in [0.15, 0.2) is 47.1 Å². The van der Waals surface area contributed by atoms with Crippen molar-refractivity contribution in [2.24, 2.45) is 0 Å². The molecule has 0 saturated heterocycles. The number of aromatic nitrogens is 5. The fourth-order valence-corrected chi connectivity index (χ4v) is 3.63. The van der Waals surface area contributed by atoms with E-state index in [4.69, 9.17) is 11.6 Å². The second-order valence-corrected chi connectivity index (χ2v) is 8.14. The normalized spacial score (nSPS) is 11.1. The Morgan fingerprint density at radius 3 is 2.60 bits per heavy atom. The van der Waals surface area contributed by atoms with E-state index in [1.807, 2.05) is 14.1 Å². The smallest absolute Gasteiger partial charge is 0.184 e. The summed E-state index contributed by atoms with van der Waals surface area (Å²) in [6.07, 6.45) is 1.58. The summed E-state index contributed by atoms with van der Waals surface area (Å²) in [5.74, 6) is -0.266. The van der Waals surface area contributed by atoms with Gasteiger partial charge >= 0.3 is 0 Å². The Labute approximate surface area is 184 Å². The molecule has 10 heteroatoms. The molecular weight excluding hydrogens is 478 g/mol. The molecule has 0 saturated carbocycles. The quantitative estimate of drug-likeness (QED) is 0.418. The number of benzene rings is 2. The van der Waals surface area contributed by atoms with E-state index in [2.05, 4.69) is 36.2 Å². The summed E-state index contributed by atoms with van der Waals surface area (Å²) < 4.78 is 30.8. The largest absolute Gasteiger partial charge is 0.378 e. The average Bonchev–Trinajstić information content (AvgIpc) is 3.26. The fraction of sp³-hybridized carbons (Fsp3) is 0.150. The molecule has 4 rings (SSSR count). The van der Waals surface area contributed by atoms with Gasteiger partial charge in [0, 0.05) is 24.8 Å². The van der Waals surface area contributed by atoms with E-state index in [1.54, 1.807) is 34.0 Å². The molecule has 0 fully saturated rings. The highest BCUT2D eigenvalue weighted by atomic mass is 79.9. The first-order valence-corrected chi connectivity index (χ1v) is 10.0. The van der Waals surface area contributed by atoms with Gasteiger partial charge in [0.2, 0.25) is 0 Å². The maximum absolute atomic E-state index is 14.8. The molecule has 0 spiro atoms. The highest BCUT2D eigenvalue weighted by Crippen LogP contribution is 2.30. The molecule has 1 N–H and O–H groups in total. The maximum Gasteiger partial charge on any atom is 0.184 e. The van der Waals surface area contributed by atoms with Crippen molar-refractivity contribution in [1.29, 1.82) is 0 Å². The Bertz CT molecular complexity index is 1200. The molecular formula is C20H16BrClF2N6. The zero-order valence-electron chi connectivity index (χ0n) is 16.0. The number of halogens is 4. The van der Waals surface area contributed by atoms with Crippen LogP contribution in [-0.4, -0.2) is 39.1 Å². The third-order valence-electron chi connectivity index (χ3n) is 4.45. The van der Waals surface area contributed by atoms with E-state index < -0.39 is 11.6 Å². The highest BCUT2D eigenvalue weighted by Gasteiger charge is 2.20. The maximum atomic E-state index is 14.8. The number of hydrogen-bond donors (Lipinski definition) is 1. The summed E-state index contributed by atoms with van der Waals surface area (Å²) in [5.41, 5.74) is 2.15. The highest BCUT2D eigenvalue weighted by molar-refractivity contribution is 9.10. The van der Waals surface area contributed by atoms with Crippen molar-refractivity contribution in [3.63, 3.8) is 0 Å². The van der Waals surface area contributed by atoms with Gasteiger partial charge in [0.15, 0.2) is 11.6 Å². The van der Waals surface area contributed by atoms with Crippen LogP contribution >= 0.6 is 27.5 Å². The van der Waals surface area contributed by atoms with Crippen LogP contribution < -0.4 is 4.90 Å². The molecule has 2 heterocycles. The van der Waals surface area contributed by atoms with Gasteiger partial charge in [-0.15, -0.1) is 5.10 Å². The van der Waals surface area contributed by atoms with Crippen LogP contribution in [0.2, 0.25) is 5.02 Å². The van der Waals surface area contributed by atoms with Crippen molar-refractivity contribution >= 4 is 33.2 Å². The van der Waals surface area contributed by atoms with Crippen molar-refractivity contribution in [3.8, 4) is 22.9 Å². The molecule has 0 aliphatic rings. The lowest BCUT2D eigenvalue weighted by Gasteiger charge is -2.12. The lowest BCUT2D eigenvalue weighted by atomic mass is 10.1. The van der Waals surface area contributed by atoms with Crippen LogP contribution in [0.25, 0.3) is 22.9 Å². The number of aromatic amines is 1. The molecule has 0 unspecified atom stereocenters. The van der Waals surface area contributed by atoms with E-state index in [0.717, 1.165) is 5.69 Å². The Hall–Kier alpha value is -2.78. The second-order valence-electron chi connectivity index (χ2n) is 6.85. The molecule has 0 bridgehead atoms. The second kappa shape index (κ2) is 8.16. The lowest BCUT2D eigenvalue weighted by molar-refractivity contribution is 0.619. The fourth-order valence-electron chi connectivity index (χ4n) is 3.02. The van der Waals surface area contributed by atoms with Gasteiger partial charge < -0.3 is 4.90 Å². The molecule has 6 nitrogen and oxygen atoms in total. The van der Waals surface area contributed by atoms with Crippen LogP contribution in [-0.2, 0) is 6.54 Å². The third kappa shape index (κ3) is 4.08. The predicted octanol–water partition coefficient (Wildman–Crippen LogP) is 5.14.